The lowest BCUT2D eigenvalue weighted by molar-refractivity contribution is -0.141. The van der Waals surface area contributed by atoms with Crippen molar-refractivity contribution in [2.45, 2.75) is 52.6 Å². The number of hydrogen-bond donors (Lipinski definition) is 1. The van der Waals surface area contributed by atoms with Gasteiger partial charge in [-0.15, -0.1) is 0 Å². The molecular formula is C26H31N3O4. The second-order valence-electron chi connectivity index (χ2n) is 8.18. The molecule has 0 spiro atoms. The standard InChI is InChI=1S/C26H31N3O4/c1-4-22(24(31)27-5-2)29(17-19-12-7-6-11-18(19)3)23(30)15-10-16-28-25(32)20-13-8-9-14-21(20)26(28)33/h6-9,11-14,22H,4-5,10,15-17H2,1-3H3,(H,27,31). The van der Waals surface area contributed by atoms with E-state index in [1.807, 2.05) is 45.0 Å². The molecule has 1 aliphatic heterocycles. The van der Waals surface area contributed by atoms with Gasteiger partial charge in [-0.2, -0.15) is 0 Å². The van der Waals surface area contributed by atoms with Gasteiger partial charge in [0.1, 0.15) is 6.04 Å². The molecule has 1 heterocycles. The van der Waals surface area contributed by atoms with E-state index in [0.29, 0.717) is 37.1 Å². The highest BCUT2D eigenvalue weighted by molar-refractivity contribution is 6.21. The van der Waals surface area contributed by atoms with Gasteiger partial charge in [0.15, 0.2) is 0 Å². The molecule has 0 bridgehead atoms. The zero-order valence-corrected chi connectivity index (χ0v) is 19.5. The summed E-state index contributed by atoms with van der Waals surface area (Å²) in [7, 11) is 0. The van der Waals surface area contributed by atoms with Crippen LogP contribution in [0.4, 0.5) is 0 Å². The van der Waals surface area contributed by atoms with E-state index in [1.54, 1.807) is 29.2 Å². The molecule has 2 aromatic carbocycles. The number of likely N-dealkylation sites (N-methyl/N-ethyl adjacent to an activating group) is 1. The molecule has 4 amide bonds. The lowest BCUT2D eigenvalue weighted by Gasteiger charge is -2.31. The van der Waals surface area contributed by atoms with Crippen molar-refractivity contribution in [2.24, 2.45) is 0 Å². The van der Waals surface area contributed by atoms with Crippen molar-refractivity contribution in [1.82, 2.24) is 15.1 Å². The third-order valence-electron chi connectivity index (χ3n) is 5.99. The maximum Gasteiger partial charge on any atom is 0.261 e. The molecule has 0 radical (unpaired) electrons. The van der Waals surface area contributed by atoms with Gasteiger partial charge in [-0.05, 0) is 49.9 Å². The molecule has 0 aromatic heterocycles. The Bertz CT molecular complexity index is 1010. The van der Waals surface area contributed by atoms with E-state index in [1.165, 1.54) is 4.90 Å². The number of benzene rings is 2. The maximum atomic E-state index is 13.3. The van der Waals surface area contributed by atoms with Crippen molar-refractivity contribution in [3.05, 3.63) is 70.8 Å². The van der Waals surface area contributed by atoms with E-state index in [2.05, 4.69) is 5.32 Å². The highest BCUT2D eigenvalue weighted by atomic mass is 16.2. The SMILES string of the molecule is CCNC(=O)C(CC)N(Cc1ccccc1C)C(=O)CCCN1C(=O)c2ccccc2C1=O. The van der Waals surface area contributed by atoms with Gasteiger partial charge in [0.2, 0.25) is 11.8 Å². The molecule has 2 aromatic rings. The molecule has 33 heavy (non-hydrogen) atoms. The van der Waals surface area contributed by atoms with E-state index < -0.39 is 6.04 Å². The Kier molecular flexibility index (Phi) is 7.98. The molecule has 0 saturated carbocycles. The lowest BCUT2D eigenvalue weighted by Crippen LogP contribution is -2.49. The van der Waals surface area contributed by atoms with Crippen LogP contribution in [0.1, 0.15) is 65.0 Å². The molecule has 7 heteroatoms. The van der Waals surface area contributed by atoms with Crippen molar-refractivity contribution in [1.29, 1.82) is 0 Å². The Morgan fingerprint density at radius 1 is 0.970 bits per heavy atom. The van der Waals surface area contributed by atoms with Crippen LogP contribution in [-0.4, -0.2) is 52.6 Å². The van der Waals surface area contributed by atoms with Crippen molar-refractivity contribution in [3.63, 3.8) is 0 Å². The average Bonchev–Trinajstić information content (AvgIpc) is 3.05. The maximum absolute atomic E-state index is 13.3. The molecule has 1 unspecified atom stereocenters. The molecule has 3 rings (SSSR count). The van der Waals surface area contributed by atoms with E-state index >= 15 is 0 Å². The lowest BCUT2D eigenvalue weighted by atomic mass is 10.1. The Balaban J connectivity index is 1.71. The normalized spacial score (nSPS) is 13.6. The molecule has 1 aliphatic rings. The Labute approximate surface area is 194 Å². The Morgan fingerprint density at radius 2 is 1.58 bits per heavy atom. The van der Waals surface area contributed by atoms with Gasteiger partial charge >= 0.3 is 0 Å². The third kappa shape index (κ3) is 5.30. The number of amides is 4. The first-order valence-electron chi connectivity index (χ1n) is 11.5. The zero-order chi connectivity index (χ0) is 24.0. The topological polar surface area (TPSA) is 86.8 Å². The molecule has 7 nitrogen and oxygen atoms in total. The van der Waals surface area contributed by atoms with Gasteiger partial charge in [-0.3, -0.25) is 24.1 Å². The number of carbonyl (C=O) groups is 4. The Hall–Kier alpha value is -3.48. The first kappa shape index (κ1) is 24.2. The summed E-state index contributed by atoms with van der Waals surface area (Å²) in [6, 6.07) is 13.9. The number of carbonyl (C=O) groups excluding carboxylic acids is 4. The van der Waals surface area contributed by atoms with Crippen molar-refractivity contribution in [3.8, 4) is 0 Å². The van der Waals surface area contributed by atoms with Crippen LogP contribution in [0.5, 0.6) is 0 Å². The summed E-state index contributed by atoms with van der Waals surface area (Å²) in [4.78, 5) is 53.9. The minimum absolute atomic E-state index is 0.134. The van der Waals surface area contributed by atoms with Gasteiger partial charge < -0.3 is 10.2 Å². The number of imide groups is 1. The second-order valence-corrected chi connectivity index (χ2v) is 8.18. The van der Waals surface area contributed by atoms with E-state index in [9.17, 15) is 19.2 Å². The summed E-state index contributed by atoms with van der Waals surface area (Å²) in [5.74, 6) is -1.00. The molecule has 1 atom stereocenters. The minimum atomic E-state index is -0.587. The van der Waals surface area contributed by atoms with E-state index in [0.717, 1.165) is 11.1 Å². The monoisotopic (exact) mass is 449 g/mol. The number of nitrogens with zero attached hydrogens (tertiary/aromatic N) is 2. The average molecular weight is 450 g/mol. The van der Waals surface area contributed by atoms with Crippen LogP contribution in [0.3, 0.4) is 0 Å². The quantitative estimate of drug-likeness (QED) is 0.564. The molecular weight excluding hydrogens is 418 g/mol. The van der Waals surface area contributed by atoms with Gasteiger partial charge in [-0.25, -0.2) is 0 Å². The fourth-order valence-corrected chi connectivity index (χ4v) is 4.16. The number of aryl methyl sites for hydroxylation is 1. The predicted molar refractivity (Wildman–Crippen MR) is 126 cm³/mol. The zero-order valence-electron chi connectivity index (χ0n) is 19.5. The van der Waals surface area contributed by atoms with E-state index in [-0.39, 0.29) is 36.6 Å². The van der Waals surface area contributed by atoms with Crippen molar-refractivity contribution in [2.75, 3.05) is 13.1 Å². The largest absolute Gasteiger partial charge is 0.355 e. The number of hydrogen-bond acceptors (Lipinski definition) is 4. The first-order chi connectivity index (χ1) is 15.9. The Morgan fingerprint density at radius 3 is 2.15 bits per heavy atom. The molecule has 174 valence electrons. The highest BCUT2D eigenvalue weighted by Crippen LogP contribution is 2.23. The van der Waals surface area contributed by atoms with Crippen LogP contribution in [0.25, 0.3) is 0 Å². The number of rotatable bonds is 10. The van der Waals surface area contributed by atoms with Gasteiger partial charge in [0.05, 0.1) is 11.1 Å². The van der Waals surface area contributed by atoms with Crippen LogP contribution in [0.15, 0.2) is 48.5 Å². The molecule has 0 aliphatic carbocycles. The number of fused-ring (bicyclic) bond motifs is 1. The predicted octanol–water partition coefficient (Wildman–Crippen LogP) is 3.31. The van der Waals surface area contributed by atoms with E-state index in [4.69, 9.17) is 0 Å². The number of nitrogens with one attached hydrogen (secondary N) is 1. The third-order valence-corrected chi connectivity index (χ3v) is 5.99. The van der Waals surface area contributed by atoms with Crippen molar-refractivity contribution < 1.29 is 19.2 Å². The first-order valence-corrected chi connectivity index (χ1v) is 11.5. The van der Waals surface area contributed by atoms with Crippen molar-refractivity contribution >= 4 is 23.6 Å². The van der Waals surface area contributed by atoms with Crippen LogP contribution >= 0.6 is 0 Å². The van der Waals surface area contributed by atoms with Crippen LogP contribution < -0.4 is 5.32 Å². The van der Waals surface area contributed by atoms with Gasteiger partial charge in [-0.1, -0.05) is 43.3 Å². The fraction of sp³-hybridized carbons (Fsp3) is 0.385. The minimum Gasteiger partial charge on any atom is -0.355 e. The van der Waals surface area contributed by atoms with Crippen LogP contribution in [-0.2, 0) is 16.1 Å². The van der Waals surface area contributed by atoms with Gasteiger partial charge in [0, 0.05) is 26.1 Å². The summed E-state index contributed by atoms with van der Waals surface area (Å²) in [5, 5.41) is 2.82. The highest BCUT2D eigenvalue weighted by Gasteiger charge is 2.35. The summed E-state index contributed by atoms with van der Waals surface area (Å²) >= 11 is 0. The fourth-order valence-electron chi connectivity index (χ4n) is 4.16. The van der Waals surface area contributed by atoms with Crippen LogP contribution in [0.2, 0.25) is 0 Å². The summed E-state index contributed by atoms with van der Waals surface area (Å²) in [6.45, 7) is 6.69. The summed E-state index contributed by atoms with van der Waals surface area (Å²) < 4.78 is 0. The smallest absolute Gasteiger partial charge is 0.261 e. The summed E-state index contributed by atoms with van der Waals surface area (Å²) in [5.41, 5.74) is 2.83. The molecule has 0 fully saturated rings. The van der Waals surface area contributed by atoms with Crippen LogP contribution in [0, 0.1) is 6.92 Å². The molecule has 1 N–H and O–H groups in total. The second kappa shape index (κ2) is 10.9. The molecule has 0 saturated heterocycles. The summed E-state index contributed by atoms with van der Waals surface area (Å²) in [6.07, 6.45) is 0.956. The van der Waals surface area contributed by atoms with Gasteiger partial charge in [0.25, 0.3) is 11.8 Å².